The van der Waals surface area contributed by atoms with Crippen LogP contribution in [0.15, 0.2) is 40.6 Å². The number of carbonyl (C=O) groups is 2. The van der Waals surface area contributed by atoms with Gasteiger partial charge >= 0.3 is 5.97 Å². The summed E-state index contributed by atoms with van der Waals surface area (Å²) in [4.78, 5) is 26.2. The van der Waals surface area contributed by atoms with Gasteiger partial charge in [-0.25, -0.2) is 13.2 Å². The minimum atomic E-state index is -3.28. The molecule has 1 amide bonds. The maximum absolute atomic E-state index is 12.3. The number of hydrogen-bond acceptors (Lipinski definition) is 8. The van der Waals surface area contributed by atoms with Crippen LogP contribution in [0.25, 0.3) is 0 Å². The lowest BCUT2D eigenvalue weighted by Gasteiger charge is -2.16. The zero-order valence-corrected chi connectivity index (χ0v) is 18.8. The van der Waals surface area contributed by atoms with Gasteiger partial charge < -0.3 is 14.8 Å². The molecule has 0 atom stereocenters. The van der Waals surface area contributed by atoms with Gasteiger partial charge in [0.15, 0.2) is 9.84 Å². The van der Waals surface area contributed by atoms with Gasteiger partial charge in [-0.2, -0.15) is 0 Å². The van der Waals surface area contributed by atoms with Crippen LogP contribution in [0, 0.1) is 0 Å². The number of nitrogens with zero attached hydrogens (tertiary/aromatic N) is 1. The minimum absolute atomic E-state index is 0.156. The van der Waals surface area contributed by atoms with Gasteiger partial charge in [-0.15, -0.1) is 11.3 Å². The first-order valence-electron chi connectivity index (χ1n) is 9.36. The van der Waals surface area contributed by atoms with Crippen molar-refractivity contribution in [2.75, 3.05) is 44.9 Å². The first-order chi connectivity index (χ1) is 14.2. The predicted molar refractivity (Wildman–Crippen MR) is 116 cm³/mol. The average Bonchev–Trinajstić information content (AvgIpc) is 3.13. The molecule has 0 fully saturated rings. The average molecular weight is 455 g/mol. The van der Waals surface area contributed by atoms with Gasteiger partial charge in [0.25, 0.3) is 0 Å². The van der Waals surface area contributed by atoms with Crippen LogP contribution in [0.2, 0.25) is 0 Å². The molecule has 10 heteroatoms. The number of anilines is 1. The molecule has 164 valence electrons. The van der Waals surface area contributed by atoms with E-state index >= 15 is 0 Å². The van der Waals surface area contributed by atoms with Crippen LogP contribution in [0.5, 0.6) is 5.75 Å². The van der Waals surface area contributed by atoms with Crippen molar-refractivity contribution in [2.24, 2.45) is 0 Å². The Labute approximate surface area is 180 Å². The second-order valence-electron chi connectivity index (χ2n) is 6.62. The van der Waals surface area contributed by atoms with Crippen LogP contribution in [-0.4, -0.2) is 64.8 Å². The highest BCUT2D eigenvalue weighted by molar-refractivity contribution is 7.90. The van der Waals surface area contributed by atoms with Crippen molar-refractivity contribution >= 4 is 38.1 Å². The Kier molecular flexibility index (Phi) is 8.82. The fourth-order valence-corrected chi connectivity index (χ4v) is 4.03. The highest BCUT2D eigenvalue weighted by Crippen LogP contribution is 2.24. The number of likely N-dealkylation sites (N-methyl/N-ethyl adjacent to an activating group) is 1. The summed E-state index contributed by atoms with van der Waals surface area (Å²) in [5, 5.41) is 4.94. The Morgan fingerprint density at radius 1 is 1.23 bits per heavy atom. The molecule has 0 aliphatic heterocycles. The van der Waals surface area contributed by atoms with Crippen LogP contribution in [-0.2, 0) is 19.4 Å². The monoisotopic (exact) mass is 454 g/mol. The SMILES string of the molecule is CCOC(=O)c1ccsc1NC(=O)CN(C)CCCOc1cccc(S(C)(=O)=O)c1. The van der Waals surface area contributed by atoms with Crippen LogP contribution in [0.4, 0.5) is 5.00 Å². The Bertz CT molecular complexity index is 971. The summed E-state index contributed by atoms with van der Waals surface area (Å²) in [7, 11) is -1.47. The molecule has 1 aromatic carbocycles. The number of ether oxygens (including phenoxy) is 2. The quantitative estimate of drug-likeness (QED) is 0.411. The van der Waals surface area contributed by atoms with Gasteiger partial charge in [-0.1, -0.05) is 6.07 Å². The van der Waals surface area contributed by atoms with Crippen molar-refractivity contribution in [3.63, 3.8) is 0 Å². The Balaban J connectivity index is 1.75. The maximum Gasteiger partial charge on any atom is 0.341 e. The van der Waals surface area contributed by atoms with E-state index in [1.807, 2.05) is 11.9 Å². The third-order valence-electron chi connectivity index (χ3n) is 4.01. The largest absolute Gasteiger partial charge is 0.494 e. The molecule has 1 aromatic heterocycles. The Morgan fingerprint density at radius 3 is 2.70 bits per heavy atom. The van der Waals surface area contributed by atoms with E-state index in [1.165, 1.54) is 23.5 Å². The number of nitrogens with one attached hydrogen (secondary N) is 1. The summed E-state index contributed by atoms with van der Waals surface area (Å²) < 4.78 is 33.8. The van der Waals surface area contributed by atoms with Crippen LogP contribution < -0.4 is 10.1 Å². The highest BCUT2D eigenvalue weighted by atomic mass is 32.2. The molecule has 0 aliphatic rings. The summed E-state index contributed by atoms with van der Waals surface area (Å²) in [6, 6.07) is 7.98. The normalized spacial score (nSPS) is 11.3. The van der Waals surface area contributed by atoms with Gasteiger partial charge in [0, 0.05) is 12.8 Å². The van der Waals surface area contributed by atoms with E-state index in [0.717, 1.165) is 6.26 Å². The molecular weight excluding hydrogens is 428 g/mol. The van der Waals surface area contributed by atoms with E-state index in [-0.39, 0.29) is 24.0 Å². The molecule has 8 nitrogen and oxygen atoms in total. The zero-order valence-electron chi connectivity index (χ0n) is 17.2. The van der Waals surface area contributed by atoms with Crippen molar-refractivity contribution in [1.82, 2.24) is 4.90 Å². The predicted octanol–water partition coefficient (Wildman–Crippen LogP) is 2.67. The topological polar surface area (TPSA) is 102 Å². The van der Waals surface area contributed by atoms with E-state index in [2.05, 4.69) is 5.32 Å². The molecule has 0 aliphatic carbocycles. The molecule has 0 spiro atoms. The lowest BCUT2D eigenvalue weighted by Crippen LogP contribution is -2.31. The summed E-state index contributed by atoms with van der Waals surface area (Å²) in [6.07, 6.45) is 1.80. The lowest BCUT2D eigenvalue weighted by molar-refractivity contribution is -0.117. The third kappa shape index (κ3) is 7.43. The Hall–Kier alpha value is -2.43. The van der Waals surface area contributed by atoms with Crippen molar-refractivity contribution in [3.05, 3.63) is 41.3 Å². The molecule has 30 heavy (non-hydrogen) atoms. The second kappa shape index (κ2) is 11.1. The second-order valence-corrected chi connectivity index (χ2v) is 9.55. The minimum Gasteiger partial charge on any atom is -0.494 e. The van der Waals surface area contributed by atoms with Crippen molar-refractivity contribution < 1.29 is 27.5 Å². The van der Waals surface area contributed by atoms with Crippen molar-refractivity contribution in [3.8, 4) is 5.75 Å². The number of carbonyl (C=O) groups excluding carboxylic acids is 2. The summed E-state index contributed by atoms with van der Waals surface area (Å²) in [6.45, 7) is 3.14. The first kappa shape index (κ1) is 23.8. The van der Waals surface area contributed by atoms with Gasteiger partial charge in [0.05, 0.1) is 30.2 Å². The molecule has 2 rings (SSSR count). The van der Waals surface area contributed by atoms with Gasteiger partial charge in [-0.3, -0.25) is 9.69 Å². The molecule has 0 bridgehead atoms. The number of rotatable bonds is 11. The standard InChI is InChI=1S/C20H26N2O6S2/c1-4-27-20(24)17-9-12-29-19(17)21-18(23)14-22(2)10-6-11-28-15-7-5-8-16(13-15)30(3,25)26/h5,7-9,12-13H,4,6,10-11,14H2,1-3H3,(H,21,23). The van der Waals surface area contributed by atoms with Crippen molar-refractivity contribution in [1.29, 1.82) is 0 Å². The van der Waals surface area contributed by atoms with Crippen LogP contribution in [0.3, 0.4) is 0 Å². The lowest BCUT2D eigenvalue weighted by atomic mass is 10.3. The highest BCUT2D eigenvalue weighted by Gasteiger charge is 2.16. The number of thiophene rings is 1. The van der Waals surface area contributed by atoms with E-state index < -0.39 is 15.8 Å². The van der Waals surface area contributed by atoms with Crippen molar-refractivity contribution in [2.45, 2.75) is 18.2 Å². The third-order valence-corrected chi connectivity index (χ3v) is 5.95. The molecule has 0 unspecified atom stereocenters. The number of esters is 1. The molecule has 0 saturated heterocycles. The van der Waals surface area contributed by atoms with Crippen LogP contribution in [0.1, 0.15) is 23.7 Å². The first-order valence-corrected chi connectivity index (χ1v) is 12.1. The molecule has 1 heterocycles. The molecule has 2 aromatic rings. The molecule has 1 N–H and O–H groups in total. The fraction of sp³-hybridized carbons (Fsp3) is 0.400. The van der Waals surface area contributed by atoms with Gasteiger partial charge in [-0.05, 0) is 50.0 Å². The number of benzene rings is 1. The summed E-state index contributed by atoms with van der Waals surface area (Å²) >= 11 is 1.27. The summed E-state index contributed by atoms with van der Waals surface area (Å²) in [5.74, 6) is -0.200. The Morgan fingerprint density at radius 2 is 2.00 bits per heavy atom. The zero-order chi connectivity index (χ0) is 22.1. The summed E-state index contributed by atoms with van der Waals surface area (Å²) in [5.41, 5.74) is 0.350. The van der Waals surface area contributed by atoms with E-state index in [4.69, 9.17) is 9.47 Å². The van der Waals surface area contributed by atoms with Gasteiger partial charge in [0.1, 0.15) is 10.8 Å². The number of hydrogen-bond donors (Lipinski definition) is 1. The van der Waals surface area contributed by atoms with E-state index in [1.54, 1.807) is 30.5 Å². The fourth-order valence-electron chi connectivity index (χ4n) is 2.59. The molecular formula is C20H26N2O6S2. The number of sulfone groups is 1. The maximum atomic E-state index is 12.3. The van der Waals surface area contributed by atoms with Gasteiger partial charge in [0.2, 0.25) is 5.91 Å². The smallest absolute Gasteiger partial charge is 0.341 e. The van der Waals surface area contributed by atoms with E-state index in [0.29, 0.717) is 35.9 Å². The molecule has 0 radical (unpaired) electrons. The van der Waals surface area contributed by atoms with Crippen LogP contribution >= 0.6 is 11.3 Å². The number of amides is 1. The van der Waals surface area contributed by atoms with E-state index in [9.17, 15) is 18.0 Å². The molecule has 0 saturated carbocycles.